The van der Waals surface area contributed by atoms with E-state index in [1.54, 1.807) is 0 Å². The van der Waals surface area contributed by atoms with Crippen molar-refractivity contribution in [3.05, 3.63) is 18.2 Å². The second-order valence-electron chi connectivity index (χ2n) is 8.15. The van der Waals surface area contributed by atoms with Crippen LogP contribution in [-0.2, 0) is 0 Å². The molecule has 0 spiro atoms. The zero-order valence-corrected chi connectivity index (χ0v) is 20.0. The summed E-state index contributed by atoms with van der Waals surface area (Å²) in [6.45, 7) is 1.90. The SMILES string of the molecule is N#CCCCCCCOc1cc(OCCCCCCC#N)cc(OCCCCCCC#N)c1. The van der Waals surface area contributed by atoms with Gasteiger partial charge in [-0.25, -0.2) is 0 Å². The van der Waals surface area contributed by atoms with E-state index in [0.717, 1.165) is 94.3 Å². The second-order valence-corrected chi connectivity index (χ2v) is 8.15. The molecule has 1 aromatic rings. The van der Waals surface area contributed by atoms with Crippen LogP contribution in [-0.4, -0.2) is 19.8 Å². The summed E-state index contributed by atoms with van der Waals surface area (Å²) in [5, 5.41) is 25.8. The van der Waals surface area contributed by atoms with E-state index in [4.69, 9.17) is 30.0 Å². The second kappa shape index (κ2) is 21.0. The van der Waals surface area contributed by atoms with Gasteiger partial charge < -0.3 is 14.2 Å². The van der Waals surface area contributed by atoms with Crippen molar-refractivity contribution in [2.75, 3.05) is 19.8 Å². The molecule has 0 aliphatic rings. The molecule has 0 N–H and O–H groups in total. The molecule has 0 radical (unpaired) electrons. The van der Waals surface area contributed by atoms with Crippen LogP contribution >= 0.6 is 0 Å². The third kappa shape index (κ3) is 16.4. The Hall–Kier alpha value is -2.91. The van der Waals surface area contributed by atoms with E-state index in [1.165, 1.54) is 0 Å². The van der Waals surface area contributed by atoms with Crippen molar-refractivity contribution in [1.29, 1.82) is 15.8 Å². The summed E-state index contributed by atoms with van der Waals surface area (Å²) in [4.78, 5) is 0. The fourth-order valence-corrected chi connectivity index (χ4v) is 3.34. The van der Waals surface area contributed by atoms with Crippen LogP contribution in [0, 0.1) is 34.0 Å². The molecule has 6 heteroatoms. The maximum absolute atomic E-state index is 8.60. The Balaban J connectivity index is 2.46. The Kier molecular flexibility index (Phi) is 17.9. The van der Waals surface area contributed by atoms with Crippen LogP contribution in [0.5, 0.6) is 17.2 Å². The number of hydrogen-bond acceptors (Lipinski definition) is 6. The topological polar surface area (TPSA) is 99.1 Å². The molecular formula is C27H39N3O3. The number of nitrogens with zero attached hydrogens (tertiary/aromatic N) is 3. The highest BCUT2D eigenvalue weighted by Gasteiger charge is 2.06. The summed E-state index contributed by atoms with van der Waals surface area (Å²) in [5.41, 5.74) is 0. The molecule has 0 aliphatic heterocycles. The van der Waals surface area contributed by atoms with Gasteiger partial charge in [0.05, 0.1) is 38.0 Å². The highest BCUT2D eigenvalue weighted by atomic mass is 16.5. The van der Waals surface area contributed by atoms with Gasteiger partial charge in [-0.1, -0.05) is 38.5 Å². The van der Waals surface area contributed by atoms with Crippen LogP contribution in [0.2, 0.25) is 0 Å². The minimum Gasteiger partial charge on any atom is -0.493 e. The van der Waals surface area contributed by atoms with Gasteiger partial charge in [0.1, 0.15) is 17.2 Å². The first-order chi connectivity index (χ1) is 16.3. The molecule has 33 heavy (non-hydrogen) atoms. The largest absolute Gasteiger partial charge is 0.493 e. The summed E-state index contributed by atoms with van der Waals surface area (Å²) < 4.78 is 17.9. The van der Waals surface area contributed by atoms with E-state index in [-0.39, 0.29) is 0 Å². The molecule has 0 aromatic heterocycles. The third-order valence-corrected chi connectivity index (χ3v) is 5.21. The first-order valence-corrected chi connectivity index (χ1v) is 12.4. The van der Waals surface area contributed by atoms with Gasteiger partial charge in [0.15, 0.2) is 0 Å². The minimum atomic E-state index is 0.623. The van der Waals surface area contributed by atoms with Gasteiger partial charge in [-0.3, -0.25) is 0 Å². The van der Waals surface area contributed by atoms with Crippen LogP contribution in [0.15, 0.2) is 18.2 Å². The molecular weight excluding hydrogens is 414 g/mol. The van der Waals surface area contributed by atoms with Crippen molar-refractivity contribution in [2.24, 2.45) is 0 Å². The van der Waals surface area contributed by atoms with Crippen LogP contribution in [0.1, 0.15) is 96.3 Å². The highest BCUT2D eigenvalue weighted by molar-refractivity contribution is 5.42. The lowest BCUT2D eigenvalue weighted by atomic mass is 10.1. The van der Waals surface area contributed by atoms with Crippen molar-refractivity contribution in [3.8, 4) is 35.5 Å². The van der Waals surface area contributed by atoms with Gasteiger partial charge in [0, 0.05) is 37.5 Å². The van der Waals surface area contributed by atoms with Crippen LogP contribution in [0.25, 0.3) is 0 Å². The summed E-state index contributed by atoms with van der Waals surface area (Å²) in [5.74, 6) is 2.26. The molecule has 1 rings (SSSR count). The average Bonchev–Trinajstić information content (AvgIpc) is 2.82. The average molecular weight is 454 g/mol. The van der Waals surface area contributed by atoms with E-state index in [0.29, 0.717) is 39.1 Å². The van der Waals surface area contributed by atoms with Gasteiger partial charge in [0.2, 0.25) is 0 Å². The fraction of sp³-hybridized carbons (Fsp3) is 0.667. The van der Waals surface area contributed by atoms with E-state index >= 15 is 0 Å². The smallest absolute Gasteiger partial charge is 0.126 e. The van der Waals surface area contributed by atoms with Gasteiger partial charge in [-0.15, -0.1) is 0 Å². The Bertz CT molecular complexity index is 634. The lowest BCUT2D eigenvalue weighted by Crippen LogP contribution is -2.02. The van der Waals surface area contributed by atoms with E-state index in [1.807, 2.05) is 18.2 Å². The van der Waals surface area contributed by atoms with Crippen LogP contribution in [0.4, 0.5) is 0 Å². The van der Waals surface area contributed by atoms with Gasteiger partial charge in [-0.05, 0) is 38.5 Å². The fourth-order valence-electron chi connectivity index (χ4n) is 3.34. The molecule has 0 saturated heterocycles. The Labute approximate surface area is 200 Å². The van der Waals surface area contributed by atoms with E-state index < -0.39 is 0 Å². The monoisotopic (exact) mass is 453 g/mol. The van der Waals surface area contributed by atoms with Crippen molar-refractivity contribution >= 4 is 0 Å². The molecule has 0 aliphatic carbocycles. The Morgan fingerprint density at radius 1 is 0.424 bits per heavy atom. The number of nitriles is 3. The first kappa shape index (κ1) is 28.1. The maximum Gasteiger partial charge on any atom is 0.126 e. The lowest BCUT2D eigenvalue weighted by molar-refractivity contribution is 0.276. The predicted molar refractivity (Wildman–Crippen MR) is 129 cm³/mol. The van der Waals surface area contributed by atoms with E-state index in [2.05, 4.69) is 18.2 Å². The van der Waals surface area contributed by atoms with Crippen LogP contribution < -0.4 is 14.2 Å². The van der Waals surface area contributed by atoms with Crippen LogP contribution in [0.3, 0.4) is 0 Å². The Morgan fingerprint density at radius 2 is 0.697 bits per heavy atom. The van der Waals surface area contributed by atoms with E-state index in [9.17, 15) is 0 Å². The van der Waals surface area contributed by atoms with Crippen molar-refractivity contribution in [2.45, 2.75) is 96.3 Å². The first-order valence-electron chi connectivity index (χ1n) is 12.4. The lowest BCUT2D eigenvalue weighted by Gasteiger charge is -2.13. The van der Waals surface area contributed by atoms with Gasteiger partial charge >= 0.3 is 0 Å². The number of rotatable bonds is 21. The molecule has 1 aromatic carbocycles. The van der Waals surface area contributed by atoms with Crippen molar-refractivity contribution < 1.29 is 14.2 Å². The number of hydrogen-bond donors (Lipinski definition) is 0. The summed E-state index contributed by atoms with van der Waals surface area (Å²) in [6, 6.07) is 12.3. The summed E-state index contributed by atoms with van der Waals surface area (Å²) in [6.07, 6.45) is 13.9. The molecule has 0 amide bonds. The summed E-state index contributed by atoms with van der Waals surface area (Å²) in [7, 11) is 0. The zero-order valence-electron chi connectivity index (χ0n) is 20.0. The molecule has 0 atom stereocenters. The van der Waals surface area contributed by atoms with Gasteiger partial charge in [-0.2, -0.15) is 15.8 Å². The molecule has 0 saturated carbocycles. The predicted octanol–water partition coefficient (Wildman–Crippen LogP) is 7.25. The maximum atomic E-state index is 8.60. The molecule has 180 valence electrons. The Morgan fingerprint density at radius 3 is 0.970 bits per heavy atom. The minimum absolute atomic E-state index is 0.623. The molecule has 0 heterocycles. The molecule has 6 nitrogen and oxygen atoms in total. The molecule has 0 unspecified atom stereocenters. The molecule has 0 bridgehead atoms. The molecule has 0 fully saturated rings. The normalized spacial score (nSPS) is 10.1. The zero-order chi connectivity index (χ0) is 23.8. The highest BCUT2D eigenvalue weighted by Crippen LogP contribution is 2.28. The quantitative estimate of drug-likeness (QED) is 0.182. The van der Waals surface area contributed by atoms with Gasteiger partial charge in [0.25, 0.3) is 0 Å². The number of ether oxygens (including phenoxy) is 3. The van der Waals surface area contributed by atoms with Crippen molar-refractivity contribution in [1.82, 2.24) is 0 Å². The van der Waals surface area contributed by atoms with Crippen molar-refractivity contribution in [3.63, 3.8) is 0 Å². The number of benzene rings is 1. The number of unbranched alkanes of at least 4 members (excludes halogenated alkanes) is 12. The standard InChI is InChI=1S/C27H39N3O3/c28-16-10-4-1-7-13-19-31-25-22-26(32-20-14-8-2-5-11-17-29)24-27(23-25)33-21-15-9-3-6-12-18-30/h22-24H,1-15,19-21H2. The third-order valence-electron chi connectivity index (χ3n) is 5.21. The summed E-state index contributed by atoms with van der Waals surface area (Å²) >= 11 is 0.